The van der Waals surface area contributed by atoms with Crippen LogP contribution in [0, 0.1) is 5.92 Å². The molecule has 0 bridgehead atoms. The maximum absolute atomic E-state index is 11.7. The summed E-state index contributed by atoms with van der Waals surface area (Å²) < 4.78 is 0. The van der Waals surface area contributed by atoms with Gasteiger partial charge in [-0.3, -0.25) is 9.59 Å². The lowest BCUT2D eigenvalue weighted by molar-refractivity contribution is -0.120. The lowest BCUT2D eigenvalue weighted by Gasteiger charge is -2.03. The SMILES string of the molecule is O=C(CC(=O)c1ccccc1)NCC1CC1. The number of carbonyl (C=O) groups is 2. The molecule has 1 aliphatic carbocycles. The molecule has 1 aliphatic rings. The van der Waals surface area contributed by atoms with Gasteiger partial charge in [-0.1, -0.05) is 30.3 Å². The van der Waals surface area contributed by atoms with E-state index in [0.29, 0.717) is 11.5 Å². The Labute approximate surface area is 94.9 Å². The van der Waals surface area contributed by atoms with Crippen LogP contribution in [-0.4, -0.2) is 18.2 Å². The monoisotopic (exact) mass is 217 g/mol. The maximum atomic E-state index is 11.7. The van der Waals surface area contributed by atoms with Crippen LogP contribution in [-0.2, 0) is 4.79 Å². The van der Waals surface area contributed by atoms with Gasteiger partial charge in [0.15, 0.2) is 5.78 Å². The highest BCUT2D eigenvalue weighted by atomic mass is 16.2. The Balaban J connectivity index is 1.79. The number of carbonyl (C=O) groups excluding carboxylic acids is 2. The third-order valence-electron chi connectivity index (χ3n) is 2.70. The quantitative estimate of drug-likeness (QED) is 0.603. The maximum Gasteiger partial charge on any atom is 0.227 e. The molecule has 1 N–H and O–H groups in total. The van der Waals surface area contributed by atoms with Gasteiger partial charge in [0.05, 0.1) is 6.42 Å². The second-order valence-electron chi connectivity index (χ2n) is 4.21. The number of benzene rings is 1. The van der Waals surface area contributed by atoms with E-state index in [1.807, 2.05) is 6.07 Å². The highest BCUT2D eigenvalue weighted by Gasteiger charge is 2.22. The number of Topliss-reactive ketones (excluding diaryl/α,β-unsaturated/α-hetero) is 1. The molecule has 2 rings (SSSR count). The van der Waals surface area contributed by atoms with Gasteiger partial charge in [-0.15, -0.1) is 0 Å². The fourth-order valence-electron chi connectivity index (χ4n) is 1.51. The smallest absolute Gasteiger partial charge is 0.227 e. The predicted octanol–water partition coefficient (Wildman–Crippen LogP) is 1.79. The molecule has 16 heavy (non-hydrogen) atoms. The summed E-state index contributed by atoms with van der Waals surface area (Å²) in [6, 6.07) is 8.92. The van der Waals surface area contributed by atoms with Crippen LogP contribution in [0.25, 0.3) is 0 Å². The number of hydrogen-bond acceptors (Lipinski definition) is 2. The van der Waals surface area contributed by atoms with Crippen LogP contribution in [0.15, 0.2) is 30.3 Å². The lowest BCUT2D eigenvalue weighted by Crippen LogP contribution is -2.27. The molecule has 1 aromatic carbocycles. The van der Waals surface area contributed by atoms with Crippen molar-refractivity contribution in [3.05, 3.63) is 35.9 Å². The standard InChI is InChI=1S/C13H15NO2/c15-12(11-4-2-1-3-5-11)8-13(16)14-9-10-6-7-10/h1-5,10H,6-9H2,(H,14,16). The van der Waals surface area contributed by atoms with Crippen molar-refractivity contribution < 1.29 is 9.59 Å². The molecule has 0 spiro atoms. The summed E-state index contributed by atoms with van der Waals surface area (Å²) in [4.78, 5) is 23.1. The average Bonchev–Trinajstić information content (AvgIpc) is 3.11. The van der Waals surface area contributed by atoms with Crippen LogP contribution in [0.4, 0.5) is 0 Å². The minimum absolute atomic E-state index is 0.0449. The van der Waals surface area contributed by atoms with Crippen LogP contribution < -0.4 is 5.32 Å². The number of rotatable bonds is 5. The molecular weight excluding hydrogens is 202 g/mol. The summed E-state index contributed by atoms with van der Waals surface area (Å²) >= 11 is 0. The first kappa shape index (κ1) is 10.9. The fraction of sp³-hybridized carbons (Fsp3) is 0.385. The molecule has 3 heteroatoms. The van der Waals surface area contributed by atoms with Crippen LogP contribution in [0.5, 0.6) is 0 Å². The zero-order chi connectivity index (χ0) is 11.4. The highest BCUT2D eigenvalue weighted by molar-refractivity contribution is 6.07. The molecule has 0 heterocycles. The topological polar surface area (TPSA) is 46.2 Å². The van der Waals surface area contributed by atoms with Crippen LogP contribution in [0.1, 0.15) is 29.6 Å². The highest BCUT2D eigenvalue weighted by Crippen LogP contribution is 2.27. The molecule has 1 fully saturated rings. The van der Waals surface area contributed by atoms with Gasteiger partial charge in [0.1, 0.15) is 0 Å². The van der Waals surface area contributed by atoms with Gasteiger partial charge >= 0.3 is 0 Å². The van der Waals surface area contributed by atoms with Crippen molar-refractivity contribution in [1.29, 1.82) is 0 Å². The zero-order valence-electron chi connectivity index (χ0n) is 9.11. The van der Waals surface area contributed by atoms with Crippen molar-refractivity contribution >= 4 is 11.7 Å². The Morgan fingerprint density at radius 2 is 1.88 bits per heavy atom. The number of hydrogen-bond donors (Lipinski definition) is 1. The van der Waals surface area contributed by atoms with Gasteiger partial charge in [-0.25, -0.2) is 0 Å². The molecule has 0 unspecified atom stereocenters. The van der Waals surface area contributed by atoms with E-state index in [0.717, 1.165) is 6.54 Å². The van der Waals surface area contributed by atoms with Crippen molar-refractivity contribution in [2.45, 2.75) is 19.3 Å². The third kappa shape index (κ3) is 3.19. The first-order valence-electron chi connectivity index (χ1n) is 5.60. The van der Waals surface area contributed by atoms with Crippen LogP contribution in [0.2, 0.25) is 0 Å². The molecule has 0 radical (unpaired) electrons. The number of ketones is 1. The fourth-order valence-corrected chi connectivity index (χ4v) is 1.51. The van der Waals surface area contributed by atoms with Gasteiger partial charge < -0.3 is 5.32 Å². The van der Waals surface area contributed by atoms with E-state index >= 15 is 0 Å². The first-order valence-corrected chi connectivity index (χ1v) is 5.60. The molecule has 0 saturated heterocycles. The summed E-state index contributed by atoms with van der Waals surface area (Å²) in [5, 5.41) is 2.79. The minimum atomic E-state index is -0.166. The van der Waals surface area contributed by atoms with Crippen molar-refractivity contribution in [3.63, 3.8) is 0 Å². The molecule has 1 aromatic rings. The molecule has 3 nitrogen and oxygen atoms in total. The van der Waals surface area contributed by atoms with E-state index in [1.165, 1.54) is 12.8 Å². The van der Waals surface area contributed by atoms with Gasteiger partial charge in [-0.05, 0) is 18.8 Å². The van der Waals surface area contributed by atoms with Crippen molar-refractivity contribution in [2.75, 3.05) is 6.54 Å². The van der Waals surface area contributed by atoms with E-state index in [1.54, 1.807) is 24.3 Å². The first-order chi connectivity index (χ1) is 7.75. The third-order valence-corrected chi connectivity index (χ3v) is 2.70. The molecule has 84 valence electrons. The van der Waals surface area contributed by atoms with Crippen molar-refractivity contribution in [1.82, 2.24) is 5.32 Å². The van der Waals surface area contributed by atoms with Gasteiger partial charge in [0.2, 0.25) is 5.91 Å². The lowest BCUT2D eigenvalue weighted by atomic mass is 10.1. The summed E-state index contributed by atoms with van der Waals surface area (Å²) in [5.74, 6) is 0.366. The zero-order valence-corrected chi connectivity index (χ0v) is 9.11. The van der Waals surface area contributed by atoms with Crippen molar-refractivity contribution in [3.8, 4) is 0 Å². The molecule has 1 amide bonds. The van der Waals surface area contributed by atoms with Gasteiger partial charge in [-0.2, -0.15) is 0 Å². The van der Waals surface area contributed by atoms with E-state index < -0.39 is 0 Å². The average molecular weight is 217 g/mol. The Morgan fingerprint density at radius 3 is 2.50 bits per heavy atom. The van der Waals surface area contributed by atoms with E-state index in [4.69, 9.17) is 0 Å². The minimum Gasteiger partial charge on any atom is -0.355 e. The summed E-state index contributed by atoms with van der Waals surface area (Å²) in [5.41, 5.74) is 0.601. The summed E-state index contributed by atoms with van der Waals surface area (Å²) in [7, 11) is 0. The number of nitrogens with one attached hydrogen (secondary N) is 1. The Hall–Kier alpha value is -1.64. The molecule has 1 saturated carbocycles. The van der Waals surface area contributed by atoms with Crippen LogP contribution >= 0.6 is 0 Å². The second-order valence-corrected chi connectivity index (χ2v) is 4.21. The summed E-state index contributed by atoms with van der Waals surface area (Å²) in [6.45, 7) is 0.723. The van der Waals surface area contributed by atoms with Crippen molar-refractivity contribution in [2.24, 2.45) is 5.92 Å². The Kier molecular flexibility index (Phi) is 3.34. The van der Waals surface area contributed by atoms with Gasteiger partial charge in [0.25, 0.3) is 0 Å². The van der Waals surface area contributed by atoms with E-state index in [-0.39, 0.29) is 18.1 Å². The van der Waals surface area contributed by atoms with Crippen LogP contribution in [0.3, 0.4) is 0 Å². The van der Waals surface area contributed by atoms with E-state index in [2.05, 4.69) is 5.32 Å². The molecular formula is C13H15NO2. The summed E-state index contributed by atoms with van der Waals surface area (Å²) in [6.07, 6.45) is 2.36. The molecule has 0 aromatic heterocycles. The van der Waals surface area contributed by atoms with E-state index in [9.17, 15) is 9.59 Å². The molecule has 0 aliphatic heterocycles. The van der Waals surface area contributed by atoms with Gasteiger partial charge in [0, 0.05) is 12.1 Å². The Bertz CT molecular complexity index is 382. The second kappa shape index (κ2) is 4.92. The predicted molar refractivity (Wildman–Crippen MR) is 61.1 cm³/mol. The normalized spacial score (nSPS) is 14.5. The Morgan fingerprint density at radius 1 is 1.19 bits per heavy atom. The number of amides is 1. The molecule has 0 atom stereocenters. The largest absolute Gasteiger partial charge is 0.355 e.